The zero-order chi connectivity index (χ0) is 23.4. The lowest BCUT2D eigenvalue weighted by Crippen LogP contribution is -1.93. The lowest BCUT2D eigenvalue weighted by atomic mass is 10.0. The maximum absolute atomic E-state index is 10.4. The maximum atomic E-state index is 10.4. The van der Waals surface area contributed by atoms with E-state index in [1.54, 1.807) is 0 Å². The Kier molecular flexibility index (Phi) is 26.1. The van der Waals surface area contributed by atoms with Gasteiger partial charge in [0.2, 0.25) is 0 Å². The number of unbranched alkanes of at least 4 members (excludes halogenated alkanes) is 15. The van der Waals surface area contributed by atoms with Crippen molar-refractivity contribution in [2.24, 2.45) is 0 Å². The van der Waals surface area contributed by atoms with Gasteiger partial charge in [0.1, 0.15) is 0 Å². The number of hydrogen-bond donors (Lipinski definition) is 1. The number of hydrogen-bond acceptors (Lipinski definition) is 1. The van der Waals surface area contributed by atoms with Crippen LogP contribution < -0.4 is 0 Å². The van der Waals surface area contributed by atoms with E-state index in [-0.39, 0.29) is 0 Å². The van der Waals surface area contributed by atoms with Crippen LogP contribution in [0.5, 0.6) is 0 Å². The van der Waals surface area contributed by atoms with Crippen LogP contribution in [0.3, 0.4) is 0 Å². The number of carboxylic acids is 1. The van der Waals surface area contributed by atoms with E-state index in [4.69, 9.17) is 5.11 Å². The number of carboxylic acid groups (broad SMARTS) is 1. The van der Waals surface area contributed by atoms with Crippen molar-refractivity contribution in [3.05, 3.63) is 48.6 Å². The molecule has 0 aliphatic heterocycles. The van der Waals surface area contributed by atoms with E-state index in [1.807, 2.05) is 0 Å². The lowest BCUT2D eigenvalue weighted by molar-refractivity contribution is -0.137. The highest BCUT2D eigenvalue weighted by atomic mass is 16.4. The molecule has 0 aliphatic carbocycles. The molecule has 0 amide bonds. The average molecular weight is 445 g/mol. The molecule has 1 N–H and O–H groups in total. The second-order valence-electron chi connectivity index (χ2n) is 8.93. The van der Waals surface area contributed by atoms with Crippen molar-refractivity contribution in [3.8, 4) is 0 Å². The summed E-state index contributed by atoms with van der Waals surface area (Å²) in [6.45, 7) is 2.06. The van der Waals surface area contributed by atoms with Gasteiger partial charge in [-0.1, -0.05) is 132 Å². The van der Waals surface area contributed by atoms with Crippen molar-refractivity contribution in [1.29, 1.82) is 0 Å². The third kappa shape index (κ3) is 28.4. The molecule has 0 saturated heterocycles. The highest BCUT2D eigenvalue weighted by Gasteiger charge is 1.97. The van der Waals surface area contributed by atoms with E-state index in [0.717, 1.165) is 32.1 Å². The molecule has 0 aromatic rings. The van der Waals surface area contributed by atoms with E-state index in [2.05, 4.69) is 55.5 Å². The molecule has 0 atom stereocenters. The van der Waals surface area contributed by atoms with Crippen LogP contribution in [0.1, 0.15) is 135 Å². The first-order valence-electron chi connectivity index (χ1n) is 13.5. The molecule has 0 spiro atoms. The van der Waals surface area contributed by atoms with Crippen molar-refractivity contribution in [3.63, 3.8) is 0 Å². The van der Waals surface area contributed by atoms with Gasteiger partial charge >= 0.3 is 5.97 Å². The van der Waals surface area contributed by atoms with Gasteiger partial charge in [0, 0.05) is 6.42 Å². The first kappa shape index (κ1) is 30.4. The number of allylic oxidation sites excluding steroid dienone is 8. The number of rotatable bonds is 24. The summed E-state index contributed by atoms with van der Waals surface area (Å²) in [6, 6.07) is 0. The van der Waals surface area contributed by atoms with E-state index >= 15 is 0 Å². The summed E-state index contributed by atoms with van der Waals surface area (Å²) < 4.78 is 0. The van der Waals surface area contributed by atoms with Crippen LogP contribution >= 0.6 is 0 Å². The van der Waals surface area contributed by atoms with Gasteiger partial charge in [-0.05, 0) is 45.4 Å². The van der Waals surface area contributed by atoms with E-state index in [0.29, 0.717) is 6.42 Å². The van der Waals surface area contributed by atoms with Crippen LogP contribution in [0.25, 0.3) is 0 Å². The Hall–Kier alpha value is -1.57. The average Bonchev–Trinajstić information content (AvgIpc) is 2.78. The predicted molar refractivity (Wildman–Crippen MR) is 142 cm³/mol. The maximum Gasteiger partial charge on any atom is 0.303 e. The standard InChI is InChI=1S/C30H52O2/c1-2-3-4-5-6-7-8-9-10-11-12-13-14-15-16-17-18-19-20-21-22-23-24-25-26-27-28-29-30(31)32/h2-3,5-6,8-9,11-12H,4,7,10,13-29H2,1H3,(H,31,32). The van der Waals surface area contributed by atoms with Crippen LogP contribution in [0, 0.1) is 0 Å². The Bertz CT molecular complexity index is 499. The summed E-state index contributed by atoms with van der Waals surface area (Å²) in [5, 5.41) is 8.60. The normalized spacial score (nSPS) is 12.3. The van der Waals surface area contributed by atoms with E-state index in [1.165, 1.54) is 89.9 Å². The fraction of sp³-hybridized carbons (Fsp3) is 0.700. The molecule has 2 heteroatoms. The molecule has 0 aromatic carbocycles. The molecule has 0 fully saturated rings. The molecule has 0 aromatic heterocycles. The Morgan fingerprint density at radius 2 is 0.844 bits per heavy atom. The molecule has 0 heterocycles. The molecular weight excluding hydrogens is 392 g/mol. The molecule has 0 aliphatic rings. The molecule has 184 valence electrons. The second-order valence-corrected chi connectivity index (χ2v) is 8.93. The van der Waals surface area contributed by atoms with Crippen LogP contribution in [0.4, 0.5) is 0 Å². The van der Waals surface area contributed by atoms with Crippen molar-refractivity contribution in [2.45, 2.75) is 135 Å². The molecule has 2 nitrogen and oxygen atoms in total. The van der Waals surface area contributed by atoms with E-state index in [9.17, 15) is 4.79 Å². The third-order valence-electron chi connectivity index (χ3n) is 5.81. The molecule has 0 bridgehead atoms. The molecular formula is C30H52O2. The Morgan fingerprint density at radius 3 is 1.25 bits per heavy atom. The van der Waals surface area contributed by atoms with Gasteiger partial charge in [0.05, 0.1) is 0 Å². The van der Waals surface area contributed by atoms with Gasteiger partial charge < -0.3 is 5.11 Å². The summed E-state index contributed by atoms with van der Waals surface area (Å²) in [6.07, 6.45) is 42.2. The monoisotopic (exact) mass is 444 g/mol. The Labute approximate surface area is 200 Å². The molecule has 0 rings (SSSR count). The van der Waals surface area contributed by atoms with Gasteiger partial charge in [0.25, 0.3) is 0 Å². The SMILES string of the molecule is CC=CCC=CCC=CCC=CCCCCCCCCCCCCCCCCCC(=O)O. The van der Waals surface area contributed by atoms with Gasteiger partial charge in [-0.15, -0.1) is 0 Å². The predicted octanol–water partition coefficient (Wildman–Crippen LogP) is 10.1. The summed E-state index contributed by atoms with van der Waals surface area (Å²) >= 11 is 0. The Balaban J connectivity index is 3.18. The summed E-state index contributed by atoms with van der Waals surface area (Å²) in [7, 11) is 0. The minimum absolute atomic E-state index is 0.339. The Morgan fingerprint density at radius 1 is 0.500 bits per heavy atom. The quantitative estimate of drug-likeness (QED) is 0.119. The highest BCUT2D eigenvalue weighted by Crippen LogP contribution is 2.14. The summed E-state index contributed by atoms with van der Waals surface area (Å²) in [5.41, 5.74) is 0. The molecule has 0 saturated carbocycles. The third-order valence-corrected chi connectivity index (χ3v) is 5.81. The number of aliphatic carboxylic acids is 1. The highest BCUT2D eigenvalue weighted by molar-refractivity contribution is 5.66. The van der Waals surface area contributed by atoms with Crippen LogP contribution in [0.2, 0.25) is 0 Å². The topological polar surface area (TPSA) is 37.3 Å². The fourth-order valence-electron chi connectivity index (χ4n) is 3.81. The summed E-state index contributed by atoms with van der Waals surface area (Å²) in [4.78, 5) is 10.4. The van der Waals surface area contributed by atoms with Gasteiger partial charge in [-0.25, -0.2) is 0 Å². The van der Waals surface area contributed by atoms with Crippen LogP contribution in [-0.4, -0.2) is 11.1 Å². The first-order valence-corrected chi connectivity index (χ1v) is 13.5. The molecule has 32 heavy (non-hydrogen) atoms. The second kappa shape index (κ2) is 27.5. The van der Waals surface area contributed by atoms with Crippen molar-refractivity contribution < 1.29 is 9.90 Å². The number of carbonyl (C=O) groups is 1. The molecule has 0 unspecified atom stereocenters. The van der Waals surface area contributed by atoms with Gasteiger partial charge in [0.15, 0.2) is 0 Å². The van der Waals surface area contributed by atoms with E-state index < -0.39 is 5.97 Å². The first-order chi connectivity index (χ1) is 15.8. The molecule has 0 radical (unpaired) electrons. The van der Waals surface area contributed by atoms with Crippen molar-refractivity contribution in [1.82, 2.24) is 0 Å². The zero-order valence-electron chi connectivity index (χ0n) is 21.1. The minimum Gasteiger partial charge on any atom is -0.481 e. The van der Waals surface area contributed by atoms with Crippen molar-refractivity contribution in [2.75, 3.05) is 0 Å². The van der Waals surface area contributed by atoms with Gasteiger partial charge in [-0.3, -0.25) is 4.79 Å². The smallest absolute Gasteiger partial charge is 0.303 e. The van der Waals surface area contributed by atoms with Crippen LogP contribution in [-0.2, 0) is 4.79 Å². The van der Waals surface area contributed by atoms with Crippen LogP contribution in [0.15, 0.2) is 48.6 Å². The fourth-order valence-corrected chi connectivity index (χ4v) is 3.81. The lowest BCUT2D eigenvalue weighted by Gasteiger charge is -2.03. The largest absolute Gasteiger partial charge is 0.481 e. The van der Waals surface area contributed by atoms with Gasteiger partial charge in [-0.2, -0.15) is 0 Å². The minimum atomic E-state index is -0.656. The van der Waals surface area contributed by atoms with Crippen molar-refractivity contribution >= 4 is 5.97 Å². The zero-order valence-corrected chi connectivity index (χ0v) is 21.1. The summed E-state index contributed by atoms with van der Waals surface area (Å²) in [5.74, 6) is -0.656.